The summed E-state index contributed by atoms with van der Waals surface area (Å²) in [6.45, 7) is 3.24. The smallest absolute Gasteiger partial charge is 0.337 e. The molecule has 0 N–H and O–H groups in total. The highest BCUT2D eigenvalue weighted by atomic mass is 19.1. The summed E-state index contributed by atoms with van der Waals surface area (Å²) in [7, 11) is 0. The first-order valence-corrected chi connectivity index (χ1v) is 10.6. The van der Waals surface area contributed by atoms with Gasteiger partial charge in [0.25, 0.3) is 5.56 Å². The second kappa shape index (κ2) is 8.20. The Morgan fingerprint density at radius 1 is 1.16 bits per heavy atom. The molecule has 1 saturated heterocycles. The Morgan fingerprint density at radius 2 is 1.97 bits per heavy atom. The van der Waals surface area contributed by atoms with Gasteiger partial charge in [0.2, 0.25) is 0 Å². The fourth-order valence-corrected chi connectivity index (χ4v) is 4.28. The third-order valence-electron chi connectivity index (χ3n) is 5.83. The van der Waals surface area contributed by atoms with E-state index in [1.54, 1.807) is 10.9 Å². The zero-order chi connectivity index (χ0) is 22.2. The number of hydrogen-bond donors (Lipinski definition) is 0. The summed E-state index contributed by atoms with van der Waals surface area (Å²) in [5, 5.41) is 0. The molecule has 5 rings (SSSR count). The molecule has 1 aliphatic rings. The lowest BCUT2D eigenvalue weighted by molar-refractivity contribution is 0.0950. The summed E-state index contributed by atoms with van der Waals surface area (Å²) >= 11 is 0. The first-order valence-electron chi connectivity index (χ1n) is 10.6. The van der Waals surface area contributed by atoms with Gasteiger partial charge in [0.15, 0.2) is 11.2 Å². The van der Waals surface area contributed by atoms with Crippen LogP contribution in [-0.4, -0.2) is 31.4 Å². The molecular weight excluding hydrogens is 411 g/mol. The fraction of sp³-hybridized carbons (Fsp3) is 0.292. The van der Waals surface area contributed by atoms with E-state index in [1.165, 1.54) is 33.4 Å². The number of aryl methyl sites for hydroxylation is 1. The Morgan fingerprint density at radius 3 is 2.69 bits per heavy atom. The van der Waals surface area contributed by atoms with E-state index in [4.69, 9.17) is 4.74 Å². The zero-order valence-electron chi connectivity index (χ0n) is 17.7. The Balaban J connectivity index is 1.72. The lowest BCUT2D eigenvalue weighted by Gasteiger charge is -2.15. The Kier molecular flexibility index (Phi) is 5.22. The van der Waals surface area contributed by atoms with Crippen molar-refractivity contribution in [2.45, 2.75) is 39.0 Å². The maximum Gasteiger partial charge on any atom is 0.337 e. The van der Waals surface area contributed by atoms with Gasteiger partial charge in [-0.05, 0) is 49.6 Å². The first kappa shape index (κ1) is 20.4. The number of fused-ring (bicyclic) bond motifs is 1. The number of benzene rings is 2. The van der Waals surface area contributed by atoms with Crippen molar-refractivity contribution in [3.8, 4) is 5.69 Å². The molecule has 8 heteroatoms. The summed E-state index contributed by atoms with van der Waals surface area (Å²) in [5.41, 5.74) is 2.26. The van der Waals surface area contributed by atoms with Crippen LogP contribution in [0.2, 0.25) is 0 Å². The molecule has 164 valence electrons. The van der Waals surface area contributed by atoms with Gasteiger partial charge in [-0.1, -0.05) is 29.8 Å². The number of rotatable bonds is 5. The number of ether oxygens (including phenoxy) is 1. The summed E-state index contributed by atoms with van der Waals surface area (Å²) in [6.07, 6.45) is 3.08. The number of imidazole rings is 1. The van der Waals surface area contributed by atoms with Gasteiger partial charge in [-0.3, -0.25) is 9.36 Å². The topological polar surface area (TPSA) is 71.1 Å². The van der Waals surface area contributed by atoms with Crippen LogP contribution in [0.5, 0.6) is 0 Å². The Hall–Kier alpha value is -3.52. The minimum absolute atomic E-state index is 0.171. The maximum absolute atomic E-state index is 13.5. The zero-order valence-corrected chi connectivity index (χ0v) is 17.7. The third-order valence-corrected chi connectivity index (χ3v) is 5.83. The first-order chi connectivity index (χ1) is 15.5. The number of nitrogens with zero attached hydrogens (tertiary/aromatic N) is 4. The van der Waals surface area contributed by atoms with Crippen molar-refractivity contribution in [3.05, 3.63) is 92.6 Å². The van der Waals surface area contributed by atoms with E-state index in [0.717, 1.165) is 24.0 Å². The van der Waals surface area contributed by atoms with Crippen LogP contribution in [0.3, 0.4) is 0 Å². The van der Waals surface area contributed by atoms with Crippen molar-refractivity contribution in [2.75, 3.05) is 6.61 Å². The second-order valence-electron chi connectivity index (χ2n) is 8.18. The van der Waals surface area contributed by atoms with Gasteiger partial charge in [-0.15, -0.1) is 0 Å². The van der Waals surface area contributed by atoms with E-state index in [9.17, 15) is 14.0 Å². The van der Waals surface area contributed by atoms with Crippen LogP contribution in [0.4, 0.5) is 4.39 Å². The summed E-state index contributed by atoms with van der Waals surface area (Å²) in [4.78, 5) is 31.3. The van der Waals surface area contributed by atoms with Crippen LogP contribution in [0.25, 0.3) is 16.9 Å². The SMILES string of the molecule is Cc1cccc(Cn2cnc3c2c(=O)n(C[C@H]2CCCO2)c(=O)n3-c2ccc(F)cc2)c1. The molecule has 2 aromatic carbocycles. The summed E-state index contributed by atoms with van der Waals surface area (Å²) < 4.78 is 23.6. The van der Waals surface area contributed by atoms with Gasteiger partial charge in [0.1, 0.15) is 5.82 Å². The predicted octanol–water partition coefficient (Wildman–Crippen LogP) is 3.02. The highest BCUT2D eigenvalue weighted by molar-refractivity contribution is 5.72. The summed E-state index contributed by atoms with van der Waals surface area (Å²) in [6, 6.07) is 13.6. The van der Waals surface area contributed by atoms with Crippen molar-refractivity contribution in [1.82, 2.24) is 18.7 Å². The van der Waals surface area contributed by atoms with Gasteiger partial charge in [0.05, 0.1) is 24.7 Å². The second-order valence-corrected chi connectivity index (χ2v) is 8.18. The summed E-state index contributed by atoms with van der Waals surface area (Å²) in [5.74, 6) is -0.407. The Labute approximate surface area is 183 Å². The van der Waals surface area contributed by atoms with Crippen LogP contribution < -0.4 is 11.2 Å². The normalized spacial score (nSPS) is 16.1. The molecule has 0 aliphatic carbocycles. The van der Waals surface area contributed by atoms with E-state index >= 15 is 0 Å². The van der Waals surface area contributed by atoms with Crippen LogP contribution in [0.15, 0.2) is 64.4 Å². The van der Waals surface area contributed by atoms with Crippen LogP contribution >= 0.6 is 0 Å². The average molecular weight is 434 g/mol. The molecule has 3 heterocycles. The minimum atomic E-state index is -0.509. The van der Waals surface area contributed by atoms with Crippen molar-refractivity contribution < 1.29 is 9.13 Å². The molecule has 1 fully saturated rings. The van der Waals surface area contributed by atoms with Crippen LogP contribution in [-0.2, 0) is 17.8 Å². The molecule has 0 unspecified atom stereocenters. The van der Waals surface area contributed by atoms with Crippen LogP contribution in [0, 0.1) is 12.7 Å². The van der Waals surface area contributed by atoms with Gasteiger partial charge >= 0.3 is 5.69 Å². The molecule has 1 aliphatic heterocycles. The molecular formula is C24H23FN4O3. The number of halogens is 1. The van der Waals surface area contributed by atoms with Gasteiger partial charge < -0.3 is 9.30 Å². The van der Waals surface area contributed by atoms with E-state index < -0.39 is 17.1 Å². The minimum Gasteiger partial charge on any atom is -0.376 e. The van der Waals surface area contributed by atoms with Crippen molar-refractivity contribution in [3.63, 3.8) is 0 Å². The lowest BCUT2D eigenvalue weighted by atomic mass is 10.1. The van der Waals surface area contributed by atoms with E-state index in [2.05, 4.69) is 4.98 Å². The monoisotopic (exact) mass is 434 g/mol. The molecule has 0 saturated carbocycles. The lowest BCUT2D eigenvalue weighted by Crippen LogP contribution is -2.42. The van der Waals surface area contributed by atoms with Crippen molar-refractivity contribution in [2.24, 2.45) is 0 Å². The molecule has 4 aromatic rings. The highest BCUT2D eigenvalue weighted by Crippen LogP contribution is 2.17. The molecule has 2 aromatic heterocycles. The predicted molar refractivity (Wildman–Crippen MR) is 119 cm³/mol. The molecule has 0 spiro atoms. The van der Waals surface area contributed by atoms with Crippen molar-refractivity contribution >= 4 is 11.2 Å². The fourth-order valence-electron chi connectivity index (χ4n) is 4.28. The Bertz CT molecular complexity index is 1400. The molecule has 0 bridgehead atoms. The third kappa shape index (κ3) is 3.67. The number of aromatic nitrogens is 4. The average Bonchev–Trinajstić information content (AvgIpc) is 3.43. The van der Waals surface area contributed by atoms with E-state index in [0.29, 0.717) is 24.4 Å². The largest absolute Gasteiger partial charge is 0.376 e. The standard InChI is InChI=1S/C24H23FN4O3/c1-16-4-2-5-17(12-16)13-27-15-26-22-21(27)23(30)28(14-20-6-3-11-32-20)24(31)29(22)19-9-7-18(25)8-10-19/h2,4-5,7-10,12,15,20H,3,6,11,13-14H2,1H3/t20-/m1/s1. The number of hydrogen-bond acceptors (Lipinski definition) is 4. The van der Waals surface area contributed by atoms with Gasteiger partial charge in [-0.2, -0.15) is 0 Å². The molecule has 7 nitrogen and oxygen atoms in total. The molecule has 0 radical (unpaired) electrons. The van der Waals surface area contributed by atoms with Crippen LogP contribution in [0.1, 0.15) is 24.0 Å². The van der Waals surface area contributed by atoms with E-state index in [-0.39, 0.29) is 18.3 Å². The molecule has 0 amide bonds. The molecule has 1 atom stereocenters. The highest BCUT2D eigenvalue weighted by Gasteiger charge is 2.23. The van der Waals surface area contributed by atoms with Gasteiger partial charge in [-0.25, -0.2) is 18.7 Å². The quantitative estimate of drug-likeness (QED) is 0.484. The van der Waals surface area contributed by atoms with E-state index in [1.807, 2.05) is 31.2 Å². The maximum atomic E-state index is 13.5. The molecule has 32 heavy (non-hydrogen) atoms. The van der Waals surface area contributed by atoms with Gasteiger partial charge in [0, 0.05) is 13.2 Å². The van der Waals surface area contributed by atoms with Crippen molar-refractivity contribution in [1.29, 1.82) is 0 Å².